The molecule has 3 heterocycles. The van der Waals surface area contributed by atoms with Crippen LogP contribution in [0.25, 0.3) is 0 Å². The molecule has 4 rings (SSSR count). The lowest BCUT2D eigenvalue weighted by atomic mass is 9.77. The van der Waals surface area contributed by atoms with E-state index in [9.17, 15) is 4.21 Å². The van der Waals surface area contributed by atoms with Crippen LogP contribution in [0.2, 0.25) is 0 Å². The van der Waals surface area contributed by atoms with Gasteiger partial charge in [-0.25, -0.2) is 0 Å². The quantitative estimate of drug-likeness (QED) is 0.858. The van der Waals surface area contributed by atoms with Gasteiger partial charge in [0, 0.05) is 58.7 Å². The highest BCUT2D eigenvalue weighted by Gasteiger charge is 2.41. The van der Waals surface area contributed by atoms with Gasteiger partial charge in [0.1, 0.15) is 0 Å². The first-order valence-corrected chi connectivity index (χ1v) is 9.32. The Balaban J connectivity index is 1.61. The predicted octanol–water partition coefficient (Wildman–Crippen LogP) is 1.73. The van der Waals surface area contributed by atoms with Gasteiger partial charge in [-0.05, 0) is 30.5 Å². The minimum absolute atomic E-state index is 0.229. The zero-order valence-electron chi connectivity index (χ0n) is 12.3. The van der Waals surface area contributed by atoms with Gasteiger partial charge in [0.2, 0.25) is 0 Å². The van der Waals surface area contributed by atoms with Gasteiger partial charge in [-0.15, -0.1) is 0 Å². The first-order valence-electron chi connectivity index (χ1n) is 7.83. The number of benzene rings is 1. The molecule has 2 saturated heterocycles. The average molecular weight is 306 g/mol. The Kier molecular flexibility index (Phi) is 3.42. The van der Waals surface area contributed by atoms with E-state index in [2.05, 4.69) is 28.4 Å². The van der Waals surface area contributed by atoms with E-state index in [0.29, 0.717) is 0 Å². The molecule has 1 spiro atoms. The zero-order valence-corrected chi connectivity index (χ0v) is 13.1. The molecule has 0 amide bonds. The summed E-state index contributed by atoms with van der Waals surface area (Å²) in [7, 11) is -0.597. The van der Waals surface area contributed by atoms with Crippen molar-refractivity contribution >= 4 is 22.2 Å². The first-order chi connectivity index (χ1) is 10.3. The molecule has 4 nitrogen and oxygen atoms in total. The lowest BCUT2D eigenvalue weighted by Gasteiger charge is -2.33. The first kappa shape index (κ1) is 13.6. The third kappa shape index (κ3) is 2.36. The molecule has 0 atom stereocenters. The van der Waals surface area contributed by atoms with Gasteiger partial charge in [0.25, 0.3) is 0 Å². The summed E-state index contributed by atoms with van der Waals surface area (Å²) in [6, 6.07) is 6.85. The zero-order chi connectivity index (χ0) is 14.3. The second-order valence-corrected chi connectivity index (χ2v) is 8.01. The largest absolute Gasteiger partial charge is 0.384 e. The fourth-order valence-corrected chi connectivity index (χ4v) is 5.25. The second kappa shape index (κ2) is 5.29. The van der Waals surface area contributed by atoms with E-state index in [1.807, 2.05) is 0 Å². The Labute approximate surface area is 128 Å². The van der Waals surface area contributed by atoms with Gasteiger partial charge in [-0.1, -0.05) is 6.07 Å². The van der Waals surface area contributed by atoms with Crippen LogP contribution in [0.1, 0.15) is 18.4 Å². The standard InChI is InChI=1S/C16H22N2O2S/c19-21-9-3-16(4-10-21)12-17-15-11-13(1-2-14(15)16)18-5-7-20-8-6-18/h1-2,11,17H,3-10,12H2. The molecule has 5 heteroatoms. The number of nitrogens with zero attached hydrogens (tertiary/aromatic N) is 1. The Morgan fingerprint density at radius 3 is 2.71 bits per heavy atom. The van der Waals surface area contributed by atoms with Gasteiger partial charge < -0.3 is 15.0 Å². The number of nitrogens with one attached hydrogen (secondary N) is 1. The molecule has 0 radical (unpaired) electrons. The molecule has 2 fully saturated rings. The molecule has 0 aromatic heterocycles. The van der Waals surface area contributed by atoms with Crippen molar-refractivity contribution in [3.8, 4) is 0 Å². The van der Waals surface area contributed by atoms with Crippen LogP contribution in [0.4, 0.5) is 11.4 Å². The van der Waals surface area contributed by atoms with Gasteiger partial charge in [-0.2, -0.15) is 0 Å². The highest BCUT2D eigenvalue weighted by molar-refractivity contribution is 7.85. The van der Waals surface area contributed by atoms with Gasteiger partial charge >= 0.3 is 0 Å². The molecular weight excluding hydrogens is 284 g/mol. The molecule has 0 saturated carbocycles. The van der Waals surface area contributed by atoms with E-state index in [0.717, 1.165) is 57.2 Å². The van der Waals surface area contributed by atoms with Crippen molar-refractivity contribution in [3.05, 3.63) is 23.8 Å². The third-order valence-electron chi connectivity index (χ3n) is 5.18. The summed E-state index contributed by atoms with van der Waals surface area (Å²) in [6.45, 7) is 4.60. The highest BCUT2D eigenvalue weighted by Crippen LogP contribution is 2.45. The predicted molar refractivity (Wildman–Crippen MR) is 86.8 cm³/mol. The lowest BCUT2D eigenvalue weighted by molar-refractivity contribution is 0.122. The van der Waals surface area contributed by atoms with Crippen LogP contribution in [0.3, 0.4) is 0 Å². The maximum absolute atomic E-state index is 11.6. The minimum Gasteiger partial charge on any atom is -0.384 e. The van der Waals surface area contributed by atoms with E-state index in [1.54, 1.807) is 0 Å². The molecule has 3 aliphatic rings. The highest BCUT2D eigenvalue weighted by atomic mass is 32.2. The van der Waals surface area contributed by atoms with Crippen molar-refractivity contribution < 1.29 is 8.95 Å². The van der Waals surface area contributed by atoms with Gasteiger partial charge in [0.05, 0.1) is 13.2 Å². The summed E-state index contributed by atoms with van der Waals surface area (Å²) >= 11 is 0. The second-order valence-electron chi connectivity index (χ2n) is 6.31. The molecule has 0 unspecified atom stereocenters. The summed E-state index contributed by atoms with van der Waals surface area (Å²) in [5.74, 6) is 1.71. The number of fused-ring (bicyclic) bond motifs is 2. The Hall–Kier alpha value is -1.07. The van der Waals surface area contributed by atoms with Crippen molar-refractivity contribution in [1.82, 2.24) is 0 Å². The molecule has 1 N–H and O–H groups in total. The fourth-order valence-electron chi connectivity index (χ4n) is 3.81. The smallest absolute Gasteiger partial charge is 0.0642 e. The summed E-state index contributed by atoms with van der Waals surface area (Å²) in [5.41, 5.74) is 4.25. The molecule has 114 valence electrons. The molecule has 1 aromatic rings. The van der Waals surface area contributed by atoms with Crippen LogP contribution in [0, 0.1) is 0 Å². The summed E-state index contributed by atoms with van der Waals surface area (Å²) in [6.07, 6.45) is 2.10. The van der Waals surface area contributed by atoms with Gasteiger partial charge in [0.15, 0.2) is 0 Å². The molecule has 1 aromatic carbocycles. The van der Waals surface area contributed by atoms with E-state index in [-0.39, 0.29) is 5.41 Å². The maximum Gasteiger partial charge on any atom is 0.0642 e. The van der Waals surface area contributed by atoms with Crippen molar-refractivity contribution in [3.63, 3.8) is 0 Å². The number of rotatable bonds is 1. The van der Waals surface area contributed by atoms with Crippen LogP contribution >= 0.6 is 0 Å². The van der Waals surface area contributed by atoms with Crippen molar-refractivity contribution in [2.24, 2.45) is 0 Å². The Morgan fingerprint density at radius 2 is 1.95 bits per heavy atom. The molecule has 3 aliphatic heterocycles. The molecule has 0 aliphatic carbocycles. The number of anilines is 2. The fraction of sp³-hybridized carbons (Fsp3) is 0.625. The minimum atomic E-state index is -0.597. The van der Waals surface area contributed by atoms with Crippen LogP contribution in [0.5, 0.6) is 0 Å². The van der Waals surface area contributed by atoms with Crippen LogP contribution < -0.4 is 10.2 Å². The molecule has 0 bridgehead atoms. The van der Waals surface area contributed by atoms with E-state index >= 15 is 0 Å². The lowest BCUT2D eigenvalue weighted by Crippen LogP contribution is -2.37. The number of hydrogen-bond donors (Lipinski definition) is 1. The topological polar surface area (TPSA) is 41.6 Å². The monoisotopic (exact) mass is 306 g/mol. The van der Waals surface area contributed by atoms with Crippen molar-refractivity contribution in [2.45, 2.75) is 18.3 Å². The van der Waals surface area contributed by atoms with Crippen LogP contribution in [-0.4, -0.2) is 48.6 Å². The molecule has 21 heavy (non-hydrogen) atoms. The van der Waals surface area contributed by atoms with E-state index < -0.39 is 10.8 Å². The normalized spacial score (nSPS) is 32.0. The summed E-state index contributed by atoms with van der Waals surface area (Å²) < 4.78 is 17.1. The van der Waals surface area contributed by atoms with Crippen LogP contribution in [0.15, 0.2) is 18.2 Å². The van der Waals surface area contributed by atoms with E-state index in [4.69, 9.17) is 4.74 Å². The maximum atomic E-state index is 11.6. The Morgan fingerprint density at radius 1 is 1.19 bits per heavy atom. The number of ether oxygens (including phenoxy) is 1. The average Bonchev–Trinajstić information content (AvgIpc) is 2.89. The third-order valence-corrected chi connectivity index (χ3v) is 6.50. The van der Waals surface area contributed by atoms with Gasteiger partial charge in [-0.3, -0.25) is 4.21 Å². The number of morpholine rings is 1. The van der Waals surface area contributed by atoms with E-state index in [1.165, 1.54) is 16.9 Å². The Bertz CT molecular complexity index is 559. The molecular formula is C16H22N2O2S. The van der Waals surface area contributed by atoms with Crippen molar-refractivity contribution in [1.29, 1.82) is 0 Å². The summed E-state index contributed by atoms with van der Waals surface area (Å²) in [4.78, 5) is 2.40. The van der Waals surface area contributed by atoms with Crippen molar-refractivity contribution in [2.75, 3.05) is 54.6 Å². The number of hydrogen-bond acceptors (Lipinski definition) is 4. The van der Waals surface area contributed by atoms with Crippen LogP contribution in [-0.2, 0) is 21.0 Å². The summed E-state index contributed by atoms with van der Waals surface area (Å²) in [5, 5.41) is 3.60. The SMILES string of the molecule is O=S1CCC2(CC1)CNc1cc(N3CCOCC3)ccc12.